The SMILES string of the molecule is O=C(O)c1cn[nH]c1S(=O)(=O)NCCc1cccc(F)c1. The number of sulfonamides is 1. The number of aromatic carboxylic acids is 1. The molecule has 1 heterocycles. The summed E-state index contributed by atoms with van der Waals surface area (Å²) in [4.78, 5) is 10.9. The Hall–Kier alpha value is -2.26. The number of hydrogen-bond acceptors (Lipinski definition) is 4. The molecule has 2 aromatic rings. The molecule has 1 aromatic heterocycles. The van der Waals surface area contributed by atoms with Gasteiger partial charge in [-0.15, -0.1) is 0 Å². The normalized spacial score (nSPS) is 11.5. The molecule has 0 unspecified atom stereocenters. The summed E-state index contributed by atoms with van der Waals surface area (Å²) in [7, 11) is -4.02. The number of rotatable bonds is 6. The topological polar surface area (TPSA) is 112 Å². The quantitative estimate of drug-likeness (QED) is 0.729. The van der Waals surface area contributed by atoms with Gasteiger partial charge in [-0.05, 0) is 24.1 Å². The van der Waals surface area contributed by atoms with E-state index in [2.05, 4.69) is 14.9 Å². The average Bonchev–Trinajstić information content (AvgIpc) is 2.88. The predicted molar refractivity (Wildman–Crippen MR) is 70.8 cm³/mol. The number of aromatic nitrogens is 2. The summed E-state index contributed by atoms with van der Waals surface area (Å²) in [5.74, 6) is -1.80. The van der Waals surface area contributed by atoms with Gasteiger partial charge in [0.1, 0.15) is 11.4 Å². The largest absolute Gasteiger partial charge is 0.478 e. The first-order chi connectivity index (χ1) is 9.90. The maximum Gasteiger partial charge on any atom is 0.340 e. The molecule has 0 amide bonds. The summed E-state index contributed by atoms with van der Waals surface area (Å²) < 4.78 is 39.1. The van der Waals surface area contributed by atoms with Crippen LogP contribution in [0.2, 0.25) is 0 Å². The van der Waals surface area contributed by atoms with Crippen LogP contribution in [0.25, 0.3) is 0 Å². The molecule has 0 aliphatic carbocycles. The second kappa shape index (κ2) is 6.02. The fourth-order valence-corrected chi connectivity index (χ4v) is 2.84. The number of nitrogens with one attached hydrogen (secondary N) is 2. The molecular weight excluding hydrogens is 301 g/mol. The number of halogens is 1. The highest BCUT2D eigenvalue weighted by atomic mass is 32.2. The van der Waals surface area contributed by atoms with E-state index in [4.69, 9.17) is 5.11 Å². The van der Waals surface area contributed by atoms with Gasteiger partial charge in [-0.1, -0.05) is 12.1 Å². The molecule has 112 valence electrons. The van der Waals surface area contributed by atoms with E-state index in [9.17, 15) is 17.6 Å². The highest BCUT2D eigenvalue weighted by Gasteiger charge is 2.24. The van der Waals surface area contributed by atoms with Crippen molar-refractivity contribution in [3.05, 3.63) is 47.4 Å². The third kappa shape index (κ3) is 3.64. The van der Waals surface area contributed by atoms with E-state index in [1.54, 1.807) is 6.07 Å². The molecule has 0 aliphatic heterocycles. The molecule has 3 N–H and O–H groups in total. The lowest BCUT2D eigenvalue weighted by Gasteiger charge is -2.06. The summed E-state index contributed by atoms with van der Waals surface area (Å²) in [6, 6.07) is 5.78. The number of nitrogens with zero attached hydrogens (tertiary/aromatic N) is 1. The Balaban J connectivity index is 2.05. The van der Waals surface area contributed by atoms with Crippen LogP contribution in [0.1, 0.15) is 15.9 Å². The molecule has 0 bridgehead atoms. The summed E-state index contributed by atoms with van der Waals surface area (Å²) >= 11 is 0. The maximum atomic E-state index is 13.0. The van der Waals surface area contributed by atoms with Crippen LogP contribution >= 0.6 is 0 Å². The first-order valence-electron chi connectivity index (χ1n) is 5.91. The number of carboxylic acid groups (broad SMARTS) is 1. The predicted octanol–water partition coefficient (Wildman–Crippen LogP) is 0.768. The minimum Gasteiger partial charge on any atom is -0.478 e. The Morgan fingerprint density at radius 2 is 2.19 bits per heavy atom. The fourth-order valence-electron chi connectivity index (χ4n) is 1.73. The van der Waals surface area contributed by atoms with Crippen LogP contribution in [-0.2, 0) is 16.4 Å². The van der Waals surface area contributed by atoms with Crippen molar-refractivity contribution in [2.45, 2.75) is 11.4 Å². The van der Waals surface area contributed by atoms with Crippen molar-refractivity contribution in [1.82, 2.24) is 14.9 Å². The standard InChI is InChI=1S/C12H12FN3O4S/c13-9-3-1-2-8(6-9)4-5-15-21(19,20)11-10(12(17)18)7-14-16-11/h1-3,6-7,15H,4-5H2,(H,14,16)(H,17,18). The van der Waals surface area contributed by atoms with Gasteiger partial charge in [0.15, 0.2) is 5.03 Å². The number of H-pyrrole nitrogens is 1. The second-order valence-electron chi connectivity index (χ2n) is 4.20. The van der Waals surface area contributed by atoms with Crippen LogP contribution in [-0.4, -0.2) is 36.2 Å². The van der Waals surface area contributed by atoms with Gasteiger partial charge in [0, 0.05) is 6.54 Å². The van der Waals surface area contributed by atoms with E-state index < -0.39 is 32.4 Å². The summed E-state index contributed by atoms with van der Waals surface area (Å²) in [6.45, 7) is 0.00384. The van der Waals surface area contributed by atoms with Gasteiger partial charge >= 0.3 is 5.97 Å². The van der Waals surface area contributed by atoms with Crippen molar-refractivity contribution in [2.24, 2.45) is 0 Å². The summed E-state index contributed by atoms with van der Waals surface area (Å²) in [5, 5.41) is 13.9. The first kappa shape index (κ1) is 15.1. The highest BCUT2D eigenvalue weighted by Crippen LogP contribution is 2.11. The van der Waals surface area contributed by atoms with Gasteiger partial charge in [-0.25, -0.2) is 22.3 Å². The molecule has 9 heteroatoms. The van der Waals surface area contributed by atoms with E-state index in [0.29, 0.717) is 5.56 Å². The highest BCUT2D eigenvalue weighted by molar-refractivity contribution is 7.89. The van der Waals surface area contributed by atoms with Crippen LogP contribution in [0, 0.1) is 5.82 Å². The van der Waals surface area contributed by atoms with Gasteiger partial charge < -0.3 is 5.11 Å². The van der Waals surface area contributed by atoms with Crippen LogP contribution in [0.4, 0.5) is 4.39 Å². The molecule has 0 fully saturated rings. The van der Waals surface area contributed by atoms with Gasteiger partial charge in [-0.3, -0.25) is 5.10 Å². The Bertz CT molecular complexity index is 757. The molecule has 7 nitrogen and oxygen atoms in total. The van der Waals surface area contributed by atoms with Crippen LogP contribution in [0.15, 0.2) is 35.5 Å². The number of carboxylic acids is 1. The zero-order chi connectivity index (χ0) is 15.5. The van der Waals surface area contributed by atoms with E-state index in [1.165, 1.54) is 18.2 Å². The number of benzene rings is 1. The molecule has 2 rings (SSSR count). The van der Waals surface area contributed by atoms with E-state index in [-0.39, 0.29) is 13.0 Å². The lowest BCUT2D eigenvalue weighted by Crippen LogP contribution is -2.27. The van der Waals surface area contributed by atoms with Crippen molar-refractivity contribution < 1.29 is 22.7 Å². The first-order valence-corrected chi connectivity index (χ1v) is 7.39. The molecule has 0 atom stereocenters. The van der Waals surface area contributed by atoms with Gasteiger partial charge in [0.25, 0.3) is 10.0 Å². The van der Waals surface area contributed by atoms with Crippen LogP contribution in [0.3, 0.4) is 0 Å². The monoisotopic (exact) mass is 313 g/mol. The Labute approximate surface area is 119 Å². The zero-order valence-electron chi connectivity index (χ0n) is 10.7. The van der Waals surface area contributed by atoms with Crippen molar-refractivity contribution in [1.29, 1.82) is 0 Å². The van der Waals surface area contributed by atoms with E-state index in [1.807, 2.05) is 0 Å². The summed E-state index contributed by atoms with van der Waals surface area (Å²) in [6.07, 6.45) is 1.19. The van der Waals surface area contributed by atoms with E-state index in [0.717, 1.165) is 6.20 Å². The van der Waals surface area contributed by atoms with Crippen LogP contribution < -0.4 is 4.72 Å². The Morgan fingerprint density at radius 3 is 2.86 bits per heavy atom. The third-order valence-electron chi connectivity index (χ3n) is 2.70. The molecule has 0 spiro atoms. The van der Waals surface area contributed by atoms with Gasteiger partial charge in [-0.2, -0.15) is 5.10 Å². The number of aromatic amines is 1. The van der Waals surface area contributed by atoms with Gasteiger partial charge in [0.05, 0.1) is 6.20 Å². The van der Waals surface area contributed by atoms with Crippen molar-refractivity contribution >= 4 is 16.0 Å². The minimum atomic E-state index is -4.02. The third-order valence-corrected chi connectivity index (χ3v) is 4.13. The molecular formula is C12H12FN3O4S. The zero-order valence-corrected chi connectivity index (χ0v) is 11.5. The molecule has 1 aromatic carbocycles. The van der Waals surface area contributed by atoms with Crippen molar-refractivity contribution in [2.75, 3.05) is 6.54 Å². The molecule has 0 saturated carbocycles. The molecule has 0 saturated heterocycles. The molecule has 0 aliphatic rings. The Morgan fingerprint density at radius 1 is 1.43 bits per heavy atom. The summed E-state index contributed by atoms with van der Waals surface area (Å²) in [5.41, 5.74) is 0.189. The number of carbonyl (C=O) groups is 1. The van der Waals surface area contributed by atoms with Crippen LogP contribution in [0.5, 0.6) is 0 Å². The smallest absolute Gasteiger partial charge is 0.340 e. The lowest BCUT2D eigenvalue weighted by molar-refractivity contribution is 0.0692. The minimum absolute atomic E-state index is 0.00384. The Kier molecular flexibility index (Phi) is 4.34. The number of hydrogen-bond donors (Lipinski definition) is 3. The van der Waals surface area contributed by atoms with Crippen molar-refractivity contribution in [3.63, 3.8) is 0 Å². The lowest BCUT2D eigenvalue weighted by atomic mass is 10.1. The fraction of sp³-hybridized carbons (Fsp3) is 0.167. The maximum absolute atomic E-state index is 13.0. The molecule has 21 heavy (non-hydrogen) atoms. The second-order valence-corrected chi connectivity index (χ2v) is 5.90. The van der Waals surface area contributed by atoms with E-state index >= 15 is 0 Å². The van der Waals surface area contributed by atoms with Crippen molar-refractivity contribution in [3.8, 4) is 0 Å². The average molecular weight is 313 g/mol. The van der Waals surface area contributed by atoms with Gasteiger partial charge in [0.2, 0.25) is 0 Å². The molecule has 0 radical (unpaired) electrons.